The van der Waals surface area contributed by atoms with Gasteiger partial charge in [0.05, 0.1) is 12.1 Å². The lowest BCUT2D eigenvalue weighted by Gasteiger charge is -2.39. The van der Waals surface area contributed by atoms with Crippen LogP contribution in [0.2, 0.25) is 0 Å². The van der Waals surface area contributed by atoms with Crippen LogP contribution in [0.1, 0.15) is 86.1 Å². The zero-order chi connectivity index (χ0) is 31.0. The molecule has 0 unspecified atom stereocenters. The number of carbonyl (C=O) groups is 3. The zero-order valence-electron chi connectivity index (χ0n) is 27.4. The van der Waals surface area contributed by atoms with Crippen LogP contribution >= 0.6 is 0 Å². The summed E-state index contributed by atoms with van der Waals surface area (Å²) in [6.07, 6.45) is 7.98. The topological polar surface area (TPSA) is 73.0 Å². The van der Waals surface area contributed by atoms with Gasteiger partial charge in [0.25, 0.3) is 0 Å². The van der Waals surface area contributed by atoms with Gasteiger partial charge in [0.2, 0.25) is 17.7 Å². The molecule has 2 aliphatic rings. The molecule has 0 radical (unpaired) electrons. The molecule has 0 aliphatic carbocycles. The predicted molar refractivity (Wildman–Crippen MR) is 171 cm³/mol. The van der Waals surface area contributed by atoms with Crippen molar-refractivity contribution in [3.8, 4) is 0 Å². The number of nitrogens with zero attached hydrogens (tertiary/aromatic N) is 3. The molecule has 2 heterocycles. The largest absolute Gasteiger partial charge is 0.343 e. The molecule has 7 heteroatoms. The van der Waals surface area contributed by atoms with Gasteiger partial charge in [0, 0.05) is 31.8 Å². The van der Waals surface area contributed by atoms with Crippen molar-refractivity contribution < 1.29 is 14.4 Å². The highest BCUT2D eigenvalue weighted by atomic mass is 16.2. The third-order valence-electron chi connectivity index (χ3n) is 9.25. The molecule has 3 atom stereocenters. The number of rotatable bonds is 11. The van der Waals surface area contributed by atoms with Gasteiger partial charge in [-0.05, 0) is 82.7 Å². The van der Waals surface area contributed by atoms with E-state index in [0.29, 0.717) is 11.5 Å². The van der Waals surface area contributed by atoms with E-state index in [2.05, 4.69) is 62.2 Å². The normalized spacial score (nSPS) is 20.6. The minimum Gasteiger partial charge on any atom is -0.343 e. The van der Waals surface area contributed by atoms with Crippen LogP contribution in [0.25, 0.3) is 0 Å². The number of likely N-dealkylation sites (N-methyl/N-ethyl adjacent to an activating group) is 1. The van der Waals surface area contributed by atoms with Crippen LogP contribution in [0.5, 0.6) is 0 Å². The van der Waals surface area contributed by atoms with Gasteiger partial charge >= 0.3 is 0 Å². The Morgan fingerprint density at radius 1 is 0.929 bits per heavy atom. The summed E-state index contributed by atoms with van der Waals surface area (Å²) in [7, 11) is 1.80. The Kier molecular flexibility index (Phi) is 12.6. The first-order valence-electron chi connectivity index (χ1n) is 16.2. The molecule has 1 aromatic rings. The molecule has 1 N–H and O–H groups in total. The number of piperidine rings is 2. The Hall–Kier alpha value is -2.67. The minimum absolute atomic E-state index is 0.0532. The molecule has 234 valence electrons. The second-order valence-electron chi connectivity index (χ2n) is 13.5. The summed E-state index contributed by atoms with van der Waals surface area (Å²) in [6.45, 7) is 16.7. The predicted octanol–water partition coefficient (Wildman–Crippen LogP) is 5.30. The number of hydrogen-bond donors (Lipinski definition) is 1. The Labute approximate surface area is 255 Å². The average molecular weight is 581 g/mol. The highest BCUT2D eigenvalue weighted by molar-refractivity contribution is 5.93. The molecule has 2 aliphatic heterocycles. The SMILES string of the molecule is C/C(=C\[C@H](C(C)C)N(C)C(=O)[C@@H](NC(=O)[C@H]1CCCCN1C(C)C)C(C)C)C(=O)N1CCC(Cc2ccccc2)CC1. The Bertz CT molecular complexity index is 1060. The standard InChI is InChI=1S/C35H56N4O3/c1-24(2)31(22-27(7)34(41)38-20-17-29(18-21-38)23-28-14-10-9-11-15-28)37(8)35(42)32(25(3)4)36-33(40)30-16-12-13-19-39(30)26(5)6/h9-11,14-15,22,24-26,29-32H,12-13,16-21,23H2,1-8H3,(H,36,40)/b27-22+/t30-,31-,32+/m1/s1. The van der Waals surface area contributed by atoms with E-state index in [-0.39, 0.29) is 47.7 Å². The third-order valence-corrected chi connectivity index (χ3v) is 9.25. The van der Waals surface area contributed by atoms with Crippen molar-refractivity contribution >= 4 is 17.7 Å². The fourth-order valence-electron chi connectivity index (χ4n) is 6.60. The summed E-state index contributed by atoms with van der Waals surface area (Å²) in [5.41, 5.74) is 2.03. The van der Waals surface area contributed by atoms with Crippen molar-refractivity contribution in [1.29, 1.82) is 0 Å². The number of hydrogen-bond acceptors (Lipinski definition) is 4. The lowest BCUT2D eigenvalue weighted by molar-refractivity contribution is -0.140. The Balaban J connectivity index is 1.65. The van der Waals surface area contributed by atoms with E-state index in [1.54, 1.807) is 11.9 Å². The van der Waals surface area contributed by atoms with E-state index in [0.717, 1.165) is 58.2 Å². The Morgan fingerprint density at radius 2 is 1.57 bits per heavy atom. The average Bonchev–Trinajstić information content (AvgIpc) is 2.97. The highest BCUT2D eigenvalue weighted by Gasteiger charge is 2.36. The first-order valence-corrected chi connectivity index (χ1v) is 16.2. The van der Waals surface area contributed by atoms with Gasteiger partial charge in [0.15, 0.2) is 0 Å². The van der Waals surface area contributed by atoms with Gasteiger partial charge in [-0.25, -0.2) is 0 Å². The maximum Gasteiger partial charge on any atom is 0.249 e. The summed E-state index contributed by atoms with van der Waals surface area (Å²) >= 11 is 0. The van der Waals surface area contributed by atoms with E-state index < -0.39 is 6.04 Å². The molecule has 3 rings (SSSR count). The molecule has 0 spiro atoms. The summed E-state index contributed by atoms with van der Waals surface area (Å²) in [5, 5.41) is 3.13. The van der Waals surface area contributed by atoms with E-state index in [9.17, 15) is 14.4 Å². The second kappa shape index (κ2) is 15.7. The van der Waals surface area contributed by atoms with Crippen molar-refractivity contribution in [2.45, 2.75) is 111 Å². The van der Waals surface area contributed by atoms with Crippen molar-refractivity contribution in [3.05, 3.63) is 47.5 Å². The fraction of sp³-hybridized carbons (Fsp3) is 0.686. The molecule has 2 saturated heterocycles. The Morgan fingerprint density at radius 3 is 2.14 bits per heavy atom. The maximum absolute atomic E-state index is 13.9. The molecule has 1 aromatic carbocycles. The van der Waals surface area contributed by atoms with Gasteiger partial charge in [-0.1, -0.05) is 70.5 Å². The quantitative estimate of drug-likeness (QED) is 0.361. The van der Waals surface area contributed by atoms with Crippen molar-refractivity contribution in [3.63, 3.8) is 0 Å². The molecular formula is C35H56N4O3. The third kappa shape index (κ3) is 8.92. The monoisotopic (exact) mass is 580 g/mol. The van der Waals surface area contributed by atoms with Gasteiger partial charge in [-0.15, -0.1) is 0 Å². The van der Waals surface area contributed by atoms with Gasteiger partial charge in [0.1, 0.15) is 6.04 Å². The van der Waals surface area contributed by atoms with Gasteiger partial charge in [-0.3, -0.25) is 19.3 Å². The molecule has 42 heavy (non-hydrogen) atoms. The van der Waals surface area contributed by atoms with Crippen LogP contribution in [-0.4, -0.2) is 83.3 Å². The summed E-state index contributed by atoms with van der Waals surface area (Å²) in [4.78, 5) is 46.7. The lowest BCUT2D eigenvalue weighted by atomic mass is 9.90. The smallest absolute Gasteiger partial charge is 0.249 e. The van der Waals surface area contributed by atoms with E-state index in [4.69, 9.17) is 0 Å². The maximum atomic E-state index is 13.9. The summed E-state index contributed by atoms with van der Waals surface area (Å²) in [6, 6.07) is 9.79. The molecule has 0 aromatic heterocycles. The molecule has 0 bridgehead atoms. The fourth-order valence-corrected chi connectivity index (χ4v) is 6.60. The van der Waals surface area contributed by atoms with E-state index >= 15 is 0 Å². The number of nitrogens with one attached hydrogen (secondary N) is 1. The number of carbonyl (C=O) groups excluding carboxylic acids is 3. The van der Waals surface area contributed by atoms with E-state index in [1.165, 1.54) is 5.56 Å². The van der Waals surface area contributed by atoms with Crippen LogP contribution in [0.15, 0.2) is 42.0 Å². The molecule has 3 amide bonds. The van der Waals surface area contributed by atoms with Crippen LogP contribution in [0, 0.1) is 17.8 Å². The van der Waals surface area contributed by atoms with Crippen molar-refractivity contribution in [2.24, 2.45) is 17.8 Å². The minimum atomic E-state index is -0.618. The number of amides is 3. The summed E-state index contributed by atoms with van der Waals surface area (Å²) < 4.78 is 0. The van der Waals surface area contributed by atoms with Gasteiger partial charge < -0.3 is 15.1 Å². The van der Waals surface area contributed by atoms with Crippen molar-refractivity contribution in [2.75, 3.05) is 26.7 Å². The second-order valence-corrected chi connectivity index (χ2v) is 13.5. The first-order chi connectivity index (χ1) is 19.9. The number of benzene rings is 1. The van der Waals surface area contributed by atoms with Crippen LogP contribution in [0.3, 0.4) is 0 Å². The summed E-state index contributed by atoms with van der Waals surface area (Å²) in [5.74, 6) is 0.537. The van der Waals surface area contributed by atoms with E-state index in [1.807, 2.05) is 37.8 Å². The molecule has 0 saturated carbocycles. The number of likely N-dealkylation sites (tertiary alicyclic amines) is 2. The molecule has 2 fully saturated rings. The van der Waals surface area contributed by atoms with Crippen LogP contribution in [0.4, 0.5) is 0 Å². The lowest BCUT2D eigenvalue weighted by Crippen LogP contribution is -2.58. The molecular weight excluding hydrogens is 524 g/mol. The van der Waals surface area contributed by atoms with Crippen LogP contribution in [-0.2, 0) is 20.8 Å². The zero-order valence-corrected chi connectivity index (χ0v) is 27.4. The highest BCUT2D eigenvalue weighted by Crippen LogP contribution is 2.24. The first kappa shape index (κ1) is 33.8. The van der Waals surface area contributed by atoms with Gasteiger partial charge in [-0.2, -0.15) is 0 Å². The van der Waals surface area contributed by atoms with Crippen LogP contribution < -0.4 is 5.32 Å². The van der Waals surface area contributed by atoms with Crippen molar-refractivity contribution in [1.82, 2.24) is 20.0 Å². The molecule has 7 nitrogen and oxygen atoms in total.